The molecule has 0 aromatic carbocycles. The number of hydrogen-bond acceptors (Lipinski definition) is 2. The van der Waals surface area contributed by atoms with Gasteiger partial charge < -0.3 is 14.9 Å². The lowest BCUT2D eigenvalue weighted by molar-refractivity contribution is -0.142. The molecule has 3 rings (SSSR count). The fourth-order valence-electron chi connectivity index (χ4n) is 3.92. The van der Waals surface area contributed by atoms with E-state index in [1.54, 1.807) is 0 Å². The van der Waals surface area contributed by atoms with Gasteiger partial charge in [-0.2, -0.15) is 0 Å². The first kappa shape index (κ1) is 12.8. The third kappa shape index (κ3) is 2.09. The highest BCUT2D eigenvalue weighted by Crippen LogP contribution is 2.42. The number of urea groups is 1. The molecule has 5 heteroatoms. The summed E-state index contributed by atoms with van der Waals surface area (Å²) in [6.07, 6.45) is 4.62. The smallest absolute Gasteiger partial charge is 0.320 e. The average Bonchev–Trinajstić information content (AvgIpc) is 2.96. The second-order valence-corrected chi connectivity index (χ2v) is 6.34. The van der Waals surface area contributed by atoms with Crippen molar-refractivity contribution in [1.82, 2.24) is 9.80 Å². The molecule has 0 radical (unpaired) electrons. The minimum Gasteiger partial charge on any atom is -0.481 e. The van der Waals surface area contributed by atoms with Crippen molar-refractivity contribution in [2.75, 3.05) is 13.1 Å². The summed E-state index contributed by atoms with van der Waals surface area (Å²) in [5, 5.41) is 9.23. The second-order valence-electron chi connectivity index (χ2n) is 6.34. The van der Waals surface area contributed by atoms with Gasteiger partial charge in [-0.3, -0.25) is 4.79 Å². The minimum absolute atomic E-state index is 0.0608. The van der Waals surface area contributed by atoms with E-state index in [1.165, 1.54) is 0 Å². The first-order valence-electron chi connectivity index (χ1n) is 7.38. The van der Waals surface area contributed by atoms with Crippen LogP contribution in [0.3, 0.4) is 0 Å². The van der Waals surface area contributed by atoms with Gasteiger partial charge >= 0.3 is 12.0 Å². The molecule has 5 nitrogen and oxygen atoms in total. The highest BCUT2D eigenvalue weighted by Gasteiger charge is 2.52. The number of piperidine rings is 1. The van der Waals surface area contributed by atoms with Crippen molar-refractivity contribution in [3.63, 3.8) is 0 Å². The van der Waals surface area contributed by atoms with Crippen LogP contribution in [0.2, 0.25) is 0 Å². The van der Waals surface area contributed by atoms with E-state index < -0.39 is 5.97 Å². The zero-order valence-corrected chi connectivity index (χ0v) is 11.4. The number of likely N-dealkylation sites (tertiary alicyclic amines) is 1. The Balaban J connectivity index is 1.69. The maximum Gasteiger partial charge on any atom is 0.320 e. The molecule has 106 valence electrons. The summed E-state index contributed by atoms with van der Waals surface area (Å²) in [5.41, 5.74) is 0. The van der Waals surface area contributed by atoms with Crippen LogP contribution in [0, 0.1) is 11.8 Å². The van der Waals surface area contributed by atoms with Gasteiger partial charge in [0, 0.05) is 25.2 Å². The zero-order chi connectivity index (χ0) is 13.6. The van der Waals surface area contributed by atoms with E-state index in [0.717, 1.165) is 38.8 Å². The van der Waals surface area contributed by atoms with Crippen LogP contribution in [0.15, 0.2) is 0 Å². The second kappa shape index (κ2) is 4.69. The summed E-state index contributed by atoms with van der Waals surface area (Å²) in [5.74, 6) is -0.380. The summed E-state index contributed by atoms with van der Waals surface area (Å²) < 4.78 is 0. The average molecular weight is 266 g/mol. The van der Waals surface area contributed by atoms with Crippen LogP contribution < -0.4 is 0 Å². The van der Waals surface area contributed by atoms with Crippen molar-refractivity contribution >= 4 is 12.0 Å². The Morgan fingerprint density at radius 2 is 1.79 bits per heavy atom. The maximum absolute atomic E-state index is 12.6. The number of carbonyl (C=O) groups excluding carboxylic acids is 1. The molecule has 3 aliphatic heterocycles. The Labute approximate surface area is 113 Å². The molecule has 3 fully saturated rings. The van der Waals surface area contributed by atoms with Gasteiger partial charge in [0.25, 0.3) is 0 Å². The van der Waals surface area contributed by atoms with E-state index in [4.69, 9.17) is 0 Å². The third-order valence-corrected chi connectivity index (χ3v) is 5.13. The number of aliphatic carboxylic acids is 1. The van der Waals surface area contributed by atoms with E-state index in [0.29, 0.717) is 12.3 Å². The lowest BCUT2D eigenvalue weighted by Gasteiger charge is -2.35. The van der Waals surface area contributed by atoms with Crippen molar-refractivity contribution in [3.05, 3.63) is 0 Å². The lowest BCUT2D eigenvalue weighted by atomic mass is 9.89. The van der Waals surface area contributed by atoms with Gasteiger partial charge in [0.05, 0.1) is 5.92 Å². The van der Waals surface area contributed by atoms with Crippen LogP contribution in [0.1, 0.15) is 39.0 Å². The number of amides is 2. The first-order chi connectivity index (χ1) is 9.08. The van der Waals surface area contributed by atoms with Gasteiger partial charge in [-0.25, -0.2) is 4.79 Å². The molecule has 3 aliphatic rings. The number of nitrogens with zero attached hydrogens (tertiary/aromatic N) is 2. The van der Waals surface area contributed by atoms with Crippen molar-refractivity contribution in [3.8, 4) is 0 Å². The molecule has 2 amide bonds. The number of carbonyl (C=O) groups is 2. The topological polar surface area (TPSA) is 60.9 Å². The Morgan fingerprint density at radius 1 is 1.11 bits per heavy atom. The van der Waals surface area contributed by atoms with Crippen molar-refractivity contribution < 1.29 is 14.7 Å². The largest absolute Gasteiger partial charge is 0.481 e. The summed E-state index contributed by atoms with van der Waals surface area (Å²) in [7, 11) is 0. The van der Waals surface area contributed by atoms with Crippen molar-refractivity contribution in [1.29, 1.82) is 0 Å². The van der Waals surface area contributed by atoms with Crippen molar-refractivity contribution in [2.45, 2.75) is 51.1 Å². The molecule has 0 saturated carbocycles. The number of hydrogen-bond donors (Lipinski definition) is 1. The van der Waals surface area contributed by atoms with Crippen LogP contribution in [0.4, 0.5) is 4.79 Å². The lowest BCUT2D eigenvalue weighted by Crippen LogP contribution is -2.49. The normalized spacial score (nSPS) is 34.9. The molecule has 0 aromatic rings. The Hall–Kier alpha value is -1.26. The summed E-state index contributed by atoms with van der Waals surface area (Å²) >= 11 is 0. The number of fused-ring (bicyclic) bond motifs is 2. The van der Waals surface area contributed by atoms with Crippen LogP contribution in [0.25, 0.3) is 0 Å². The predicted octanol–water partition coefficient (Wildman–Crippen LogP) is 1.78. The van der Waals surface area contributed by atoms with Gasteiger partial charge in [0.1, 0.15) is 0 Å². The first-order valence-corrected chi connectivity index (χ1v) is 7.38. The molecular formula is C14H22N2O3. The van der Waals surface area contributed by atoms with E-state index in [-0.39, 0.29) is 24.0 Å². The third-order valence-electron chi connectivity index (χ3n) is 5.13. The SMILES string of the molecule is CC1CCN(C(=O)N2C3CCC2C(C(=O)O)C3)CC1. The maximum atomic E-state index is 12.6. The molecule has 0 aromatic heterocycles. The fourth-order valence-corrected chi connectivity index (χ4v) is 3.92. The monoisotopic (exact) mass is 266 g/mol. The highest BCUT2D eigenvalue weighted by molar-refractivity contribution is 5.79. The van der Waals surface area contributed by atoms with Crippen LogP contribution >= 0.6 is 0 Å². The van der Waals surface area contributed by atoms with Gasteiger partial charge in [0.15, 0.2) is 0 Å². The molecular weight excluding hydrogens is 244 g/mol. The Morgan fingerprint density at radius 3 is 2.37 bits per heavy atom. The van der Waals surface area contributed by atoms with Gasteiger partial charge in [-0.15, -0.1) is 0 Å². The molecule has 2 bridgehead atoms. The molecule has 0 aliphatic carbocycles. The highest BCUT2D eigenvalue weighted by atomic mass is 16.4. The fraction of sp³-hybridized carbons (Fsp3) is 0.857. The quantitative estimate of drug-likeness (QED) is 0.787. The van der Waals surface area contributed by atoms with E-state index in [2.05, 4.69) is 6.92 Å². The van der Waals surface area contributed by atoms with Crippen LogP contribution in [-0.2, 0) is 4.79 Å². The van der Waals surface area contributed by atoms with E-state index in [9.17, 15) is 14.7 Å². The van der Waals surface area contributed by atoms with Gasteiger partial charge in [-0.1, -0.05) is 6.92 Å². The van der Waals surface area contributed by atoms with Gasteiger partial charge in [0.2, 0.25) is 0 Å². The van der Waals surface area contributed by atoms with E-state index >= 15 is 0 Å². The zero-order valence-electron chi connectivity index (χ0n) is 11.4. The molecule has 3 heterocycles. The summed E-state index contributed by atoms with van der Waals surface area (Å²) in [6, 6.07) is 0.190. The molecule has 1 N–H and O–H groups in total. The summed E-state index contributed by atoms with van der Waals surface area (Å²) in [4.78, 5) is 27.6. The molecule has 3 unspecified atom stereocenters. The molecule has 0 spiro atoms. The van der Waals surface area contributed by atoms with Gasteiger partial charge in [-0.05, 0) is 38.0 Å². The number of carboxylic acids is 1. The Bertz CT molecular complexity index is 390. The van der Waals surface area contributed by atoms with Crippen LogP contribution in [-0.4, -0.2) is 52.1 Å². The molecule has 3 saturated heterocycles. The standard InChI is InChI=1S/C14H22N2O3/c1-9-4-6-15(7-5-9)14(19)16-10-2-3-12(16)11(8-10)13(17)18/h9-12H,2-8H2,1H3,(H,17,18). The number of rotatable bonds is 1. The summed E-state index contributed by atoms with van der Waals surface area (Å²) in [6.45, 7) is 3.88. The van der Waals surface area contributed by atoms with Crippen LogP contribution in [0.5, 0.6) is 0 Å². The van der Waals surface area contributed by atoms with Crippen molar-refractivity contribution in [2.24, 2.45) is 11.8 Å². The predicted molar refractivity (Wildman–Crippen MR) is 69.8 cm³/mol. The Kier molecular flexibility index (Phi) is 3.15. The minimum atomic E-state index is -0.739. The molecule has 3 atom stereocenters. The van der Waals surface area contributed by atoms with E-state index in [1.807, 2.05) is 9.80 Å². The number of carboxylic acid groups (broad SMARTS) is 1. The molecule has 19 heavy (non-hydrogen) atoms.